The first-order valence-corrected chi connectivity index (χ1v) is 49.4. The quantitative estimate of drug-likeness (QED) is 0.107. The average molecular weight is 1910 g/mol. The van der Waals surface area contributed by atoms with Crippen LogP contribution >= 0.6 is 0 Å². The molecule has 32 aromatic rings. The maximum Gasteiger partial charge on any atom is 0.143 e. The van der Waals surface area contributed by atoms with E-state index >= 15 is 0 Å². The molecule has 3 heteroatoms. The molecule has 0 radical (unpaired) electrons. The van der Waals surface area contributed by atoms with Gasteiger partial charge in [0.25, 0.3) is 0 Å². The third-order valence-corrected chi connectivity index (χ3v) is 29.8. The van der Waals surface area contributed by atoms with E-state index in [2.05, 4.69) is 72.8 Å². The first-order valence-electron chi connectivity index (χ1n) is 61.4. The molecule has 0 spiro atoms. The number of rotatable bonds is 9. The van der Waals surface area contributed by atoms with Crippen molar-refractivity contribution in [3.63, 3.8) is 0 Å². The smallest absolute Gasteiger partial charge is 0.143 e. The third kappa shape index (κ3) is 14.0. The van der Waals surface area contributed by atoms with E-state index in [9.17, 15) is 16.4 Å². The largest absolute Gasteiger partial charge is 0.455 e. The second kappa shape index (κ2) is 34.6. The predicted molar refractivity (Wildman–Crippen MR) is 635 cm³/mol. The summed E-state index contributed by atoms with van der Waals surface area (Å²) in [6.07, 6.45) is 0. The lowest BCUT2D eigenvalue weighted by atomic mass is 9.85. The molecule has 0 saturated heterocycles. The summed E-state index contributed by atoms with van der Waals surface area (Å²) < 4.78 is 238. The highest BCUT2D eigenvalue weighted by molar-refractivity contribution is 6.29. The molecule has 690 valence electrons. The first-order chi connectivity index (χ1) is 83.9. The van der Waals surface area contributed by atoms with Gasteiger partial charge in [0.15, 0.2) is 0 Å². The topological polar surface area (TPSA) is 39.4 Å². The van der Waals surface area contributed by atoms with Gasteiger partial charge < -0.3 is 13.3 Å². The highest BCUT2D eigenvalue weighted by atomic mass is 16.3. The van der Waals surface area contributed by atoms with Crippen LogP contribution in [-0.4, -0.2) is 0 Å². The van der Waals surface area contributed by atoms with E-state index < -0.39 is 72.5 Å². The van der Waals surface area contributed by atoms with Crippen LogP contribution in [0.2, 0.25) is 0 Å². The van der Waals surface area contributed by atoms with E-state index in [-0.39, 0.29) is 137 Å². The molecule has 29 aromatic carbocycles. The molecule has 0 fully saturated rings. The van der Waals surface area contributed by atoms with E-state index in [1.165, 1.54) is 0 Å². The zero-order chi connectivity index (χ0) is 119. The van der Waals surface area contributed by atoms with Gasteiger partial charge in [-0.1, -0.05) is 460 Å². The lowest BCUT2D eigenvalue weighted by Gasteiger charge is -2.18. The van der Waals surface area contributed by atoms with Crippen LogP contribution in [-0.2, 0) is 0 Å². The number of fused-ring (bicyclic) bond motifs is 28. The zero-order valence-corrected chi connectivity index (χ0v) is 79.2. The molecular weight excluding hydrogens is 1800 g/mol. The second-order valence-corrected chi connectivity index (χ2v) is 37.9. The summed E-state index contributed by atoms with van der Waals surface area (Å²) in [5.41, 5.74) is 14.6. The molecule has 0 aliphatic carbocycles. The summed E-state index contributed by atoms with van der Waals surface area (Å²) >= 11 is 0. The van der Waals surface area contributed by atoms with Crippen LogP contribution in [0.5, 0.6) is 0 Å². The lowest BCUT2D eigenvalue weighted by Crippen LogP contribution is -1.91. The van der Waals surface area contributed by atoms with Gasteiger partial charge in [-0.15, -0.1) is 0 Å². The molecule has 0 atom stereocenters. The van der Waals surface area contributed by atoms with Crippen LogP contribution in [0.1, 0.15) is 32.9 Å². The minimum atomic E-state index is -0.437. The number of benzene rings is 29. The van der Waals surface area contributed by atoms with Gasteiger partial charge in [-0.2, -0.15) is 0 Å². The van der Waals surface area contributed by atoms with Crippen molar-refractivity contribution >= 4 is 217 Å². The summed E-state index contributed by atoms with van der Waals surface area (Å²) in [7, 11) is 0. The molecule has 149 heavy (non-hydrogen) atoms. The summed E-state index contributed by atoms with van der Waals surface area (Å²) in [6.45, 7) is 0. The zero-order valence-electron chi connectivity index (χ0n) is 103. The Morgan fingerprint density at radius 2 is 0.369 bits per heavy atom. The standard InChI is InChI=1S/2C50H30O.C46H28O/c1-3-14-38-31(10-1)20-21-33-22-23-35(29-45(33)38)34-12-9-13-36(28-34)48-40-16-5-7-18-42(40)49(43-19-8-6-17-41(43)48)37-25-27-47-46(30-37)44-26-24-32-11-2-4-15-39(32)50(44)51-47;1-3-13-37-31(10-1)20-23-34-12-9-19-38(47(34)37)33-21-24-35(25-22-33)48-40-15-5-7-17-42(40)49(43-18-8-6-16-41(43)48)36-27-29-46-45(30-36)44-28-26-32-11-2-4-14-39(32)50(44)51-46;1-3-16-34-29(11-1)13-10-22-35(34)31-14-9-15-32(27-31)44-37-18-5-7-20-39(37)45(40-21-8-6-19-38(40)44)33-24-26-43-42(28-33)41-25-23-30-12-2-4-17-36(30)46(41)47-43/h2*1-30H;1-28H/i5D,6D,7D,8D,16D,17D,18D,19D;5D,6D,7D,8D,15D,16D,17D,18D;5D,6D,7D,8D,18D,19D,20D,21D. The second-order valence-electron chi connectivity index (χ2n) is 37.9. The molecule has 0 amide bonds. The molecule has 32 rings (SSSR count). The minimum absolute atomic E-state index is 0.170. The van der Waals surface area contributed by atoms with Gasteiger partial charge in [0.2, 0.25) is 0 Å². The van der Waals surface area contributed by atoms with E-state index in [4.69, 9.17) is 29.7 Å². The Balaban J connectivity index is 0.000000114. The van der Waals surface area contributed by atoms with Gasteiger partial charge >= 0.3 is 0 Å². The van der Waals surface area contributed by atoms with Crippen LogP contribution in [0.4, 0.5) is 0 Å². The Morgan fingerprint density at radius 1 is 0.128 bits per heavy atom. The minimum Gasteiger partial charge on any atom is -0.455 e. The first kappa shape index (κ1) is 64.1. The monoisotopic (exact) mass is 1910 g/mol. The van der Waals surface area contributed by atoms with Crippen molar-refractivity contribution in [2.75, 3.05) is 0 Å². The molecule has 0 saturated carbocycles. The predicted octanol–water partition coefficient (Wildman–Crippen LogP) is 41.9. The third-order valence-electron chi connectivity index (χ3n) is 29.8. The SMILES string of the molecule is [2H]c1c([2H])c([2H])c2c(-c3ccc4oc5c6ccccc6ccc5c4c3)c3c([2H])c([2H])c([2H])c([2H])c3c(-c3ccc(-c4cccc5ccc6ccccc6c45)cc3)c2c1[2H].[2H]c1c([2H])c([2H])c2c(-c3ccc4oc5c6ccccc6ccc5c4c3)c3c([2H])c([2H])c([2H])c([2H])c3c(-c3cccc(-c4ccc5ccc6ccccc6c5c4)c3)c2c1[2H].[2H]c1c([2H])c([2H])c2c(-c3ccc4oc5c6ccccc6ccc5c4c3)c3c([2H])c([2H])c([2H])c([2H])c3c(-c3cccc(-c4cccc5ccccc45)c3)c2c1[2H]. The molecule has 3 heterocycles. The van der Waals surface area contributed by atoms with E-state index in [0.717, 1.165) is 152 Å². The molecule has 0 aliphatic heterocycles. The summed E-state index contributed by atoms with van der Waals surface area (Å²) in [4.78, 5) is 0. The molecule has 0 aliphatic rings. The van der Waals surface area contributed by atoms with Crippen LogP contribution < -0.4 is 0 Å². The highest BCUT2D eigenvalue weighted by Gasteiger charge is 2.26. The van der Waals surface area contributed by atoms with Crippen LogP contribution in [0, 0.1) is 0 Å². The number of hydrogen-bond donors (Lipinski definition) is 0. The molecular formula is C146H88O3. The van der Waals surface area contributed by atoms with Gasteiger partial charge in [0.05, 0.1) is 32.9 Å². The van der Waals surface area contributed by atoms with Crippen molar-refractivity contribution in [3.8, 4) is 100 Å². The molecule has 3 nitrogen and oxygen atoms in total. The lowest BCUT2D eigenvalue weighted by molar-refractivity contribution is 0.672. The molecule has 0 N–H and O–H groups in total. The van der Waals surface area contributed by atoms with Crippen molar-refractivity contribution in [1.29, 1.82) is 0 Å². The van der Waals surface area contributed by atoms with Crippen LogP contribution in [0.3, 0.4) is 0 Å². The van der Waals surface area contributed by atoms with Gasteiger partial charge in [-0.25, -0.2) is 0 Å². The van der Waals surface area contributed by atoms with Crippen molar-refractivity contribution in [2.45, 2.75) is 0 Å². The Hall–Kier alpha value is -19.6. The number of furan rings is 3. The average Bonchev–Trinajstić information content (AvgIpc) is 1.43. The van der Waals surface area contributed by atoms with Gasteiger partial charge in [0, 0.05) is 48.5 Å². The normalized spacial score (nSPS) is 14.1. The Bertz CT molecular complexity index is 12600. The van der Waals surface area contributed by atoms with E-state index in [1.54, 1.807) is 18.2 Å². The van der Waals surface area contributed by atoms with Gasteiger partial charge in [-0.05, 0) is 308 Å². The highest BCUT2D eigenvalue weighted by Crippen LogP contribution is 2.53. The Morgan fingerprint density at radius 3 is 0.779 bits per heavy atom. The van der Waals surface area contributed by atoms with E-state index in [0.29, 0.717) is 100 Å². The van der Waals surface area contributed by atoms with Gasteiger partial charge in [0.1, 0.15) is 33.5 Å². The summed E-state index contributed by atoms with van der Waals surface area (Å²) in [5, 5.41) is 23.9. The van der Waals surface area contributed by atoms with Crippen molar-refractivity contribution in [2.24, 2.45) is 0 Å². The van der Waals surface area contributed by atoms with Crippen molar-refractivity contribution in [1.82, 2.24) is 0 Å². The Kier molecular flexibility index (Phi) is 14.9. The van der Waals surface area contributed by atoms with Crippen LogP contribution in [0.25, 0.3) is 317 Å². The number of hydrogen-bond acceptors (Lipinski definition) is 3. The van der Waals surface area contributed by atoms with E-state index in [1.807, 2.05) is 297 Å². The Labute approximate surface area is 891 Å². The molecule has 0 unspecified atom stereocenters. The van der Waals surface area contributed by atoms with Crippen molar-refractivity contribution < 1.29 is 46.1 Å². The van der Waals surface area contributed by atoms with Gasteiger partial charge in [-0.3, -0.25) is 0 Å². The maximum atomic E-state index is 9.45. The maximum absolute atomic E-state index is 9.45. The van der Waals surface area contributed by atoms with Crippen LogP contribution in [0.15, 0.2) is 547 Å². The molecule has 0 bridgehead atoms. The van der Waals surface area contributed by atoms with Crippen molar-refractivity contribution in [3.05, 3.63) is 533 Å². The summed E-state index contributed by atoms with van der Waals surface area (Å²) in [6, 6.07) is 118. The summed E-state index contributed by atoms with van der Waals surface area (Å²) in [5.74, 6) is 0. The fourth-order valence-corrected chi connectivity index (χ4v) is 23.1. The fourth-order valence-electron chi connectivity index (χ4n) is 23.1. The fraction of sp³-hybridized carbons (Fsp3) is 0. The molecule has 3 aromatic heterocycles.